The molecule has 0 spiro atoms. The van der Waals surface area contributed by atoms with Crippen molar-refractivity contribution in [3.8, 4) is 0 Å². The number of anilines is 1. The van der Waals surface area contributed by atoms with Gasteiger partial charge in [0.25, 0.3) is 0 Å². The Morgan fingerprint density at radius 2 is 2.08 bits per heavy atom. The molecule has 0 aromatic carbocycles. The van der Waals surface area contributed by atoms with Crippen LogP contribution in [0.2, 0.25) is 0 Å². The third-order valence-corrected chi connectivity index (χ3v) is 4.95. The number of aliphatic hydroxyl groups is 3. The minimum Gasteiger partial charge on any atom is -0.395 e. The lowest BCUT2D eigenvalue weighted by Gasteiger charge is -2.14. The molecule has 0 radical (unpaired) electrons. The van der Waals surface area contributed by atoms with E-state index in [2.05, 4.69) is 25.6 Å². The van der Waals surface area contributed by atoms with Crippen molar-refractivity contribution < 1.29 is 20.1 Å². The monoisotopic (exact) mass is 347 g/mol. The van der Waals surface area contributed by atoms with Gasteiger partial charge in [-0.15, -0.1) is 0 Å². The van der Waals surface area contributed by atoms with E-state index in [-0.39, 0.29) is 12.5 Å². The summed E-state index contributed by atoms with van der Waals surface area (Å²) >= 11 is 0. The number of hydrogen-bond acceptors (Lipinski definition) is 7. The number of rotatable bonds is 5. The van der Waals surface area contributed by atoms with E-state index in [0.717, 1.165) is 12.8 Å². The minimum atomic E-state index is -1.07. The highest BCUT2D eigenvalue weighted by molar-refractivity contribution is 5.98. The standard InChI is InChI=1S/C16H21N5O4/c22-5-9-14(24)15(25)12(20-9)8-4-17-13-11(8)18-6-19-16(13)21-10(23)3-7-1-2-7/h4,6-7,9,12,14-15,17,20,22,24-25H,1-3,5H2,(H,18,19,21,23)/t9-,12+,14-,15+/m1/s1. The fourth-order valence-corrected chi connectivity index (χ4v) is 3.36. The van der Waals surface area contributed by atoms with Crippen LogP contribution >= 0.6 is 0 Å². The van der Waals surface area contributed by atoms with Crippen LogP contribution in [-0.2, 0) is 4.79 Å². The lowest BCUT2D eigenvalue weighted by molar-refractivity contribution is -0.116. The third kappa shape index (κ3) is 2.99. The molecule has 4 rings (SSSR count). The van der Waals surface area contributed by atoms with Crippen molar-refractivity contribution in [3.05, 3.63) is 18.1 Å². The molecule has 3 heterocycles. The van der Waals surface area contributed by atoms with Gasteiger partial charge in [-0.2, -0.15) is 0 Å². The molecule has 1 saturated carbocycles. The second-order valence-corrected chi connectivity index (χ2v) is 6.80. The summed E-state index contributed by atoms with van der Waals surface area (Å²) in [5, 5.41) is 35.4. The summed E-state index contributed by atoms with van der Waals surface area (Å²) in [6, 6.07) is -1.18. The van der Waals surface area contributed by atoms with Gasteiger partial charge in [-0.05, 0) is 18.8 Å². The summed E-state index contributed by atoms with van der Waals surface area (Å²) in [7, 11) is 0. The molecule has 2 aliphatic rings. The lowest BCUT2D eigenvalue weighted by atomic mass is 10.0. The Morgan fingerprint density at radius 3 is 2.76 bits per heavy atom. The van der Waals surface area contributed by atoms with Crippen molar-refractivity contribution in [2.75, 3.05) is 11.9 Å². The van der Waals surface area contributed by atoms with Crippen molar-refractivity contribution in [1.82, 2.24) is 20.3 Å². The Morgan fingerprint density at radius 1 is 1.28 bits per heavy atom. The second kappa shape index (κ2) is 6.34. The Labute approximate surface area is 143 Å². The molecule has 0 bridgehead atoms. The van der Waals surface area contributed by atoms with Crippen LogP contribution in [0.4, 0.5) is 5.82 Å². The minimum absolute atomic E-state index is 0.0755. The summed E-state index contributed by atoms with van der Waals surface area (Å²) in [5.41, 5.74) is 1.77. The molecule has 4 atom stereocenters. The van der Waals surface area contributed by atoms with Crippen LogP contribution in [-0.4, -0.2) is 61.0 Å². The Balaban J connectivity index is 1.61. The van der Waals surface area contributed by atoms with Gasteiger partial charge in [0.1, 0.15) is 17.9 Å². The topological polar surface area (TPSA) is 143 Å². The van der Waals surface area contributed by atoms with Crippen LogP contribution in [0.3, 0.4) is 0 Å². The van der Waals surface area contributed by atoms with E-state index in [1.54, 1.807) is 6.20 Å². The molecule has 2 fully saturated rings. The zero-order valence-corrected chi connectivity index (χ0v) is 13.5. The normalized spacial score (nSPS) is 29.2. The number of carbonyl (C=O) groups excluding carboxylic acids is 1. The number of fused-ring (bicyclic) bond motifs is 1. The van der Waals surface area contributed by atoms with Gasteiger partial charge in [-0.3, -0.25) is 4.79 Å². The van der Waals surface area contributed by atoms with E-state index in [1.807, 2.05) is 0 Å². The molecule has 1 aliphatic heterocycles. The van der Waals surface area contributed by atoms with Gasteiger partial charge >= 0.3 is 0 Å². The van der Waals surface area contributed by atoms with E-state index >= 15 is 0 Å². The van der Waals surface area contributed by atoms with Crippen molar-refractivity contribution in [2.24, 2.45) is 5.92 Å². The molecule has 2 aromatic rings. The Kier molecular flexibility index (Phi) is 4.16. The van der Waals surface area contributed by atoms with Crippen LogP contribution in [0.25, 0.3) is 11.0 Å². The summed E-state index contributed by atoms with van der Waals surface area (Å²) in [6.45, 7) is -0.283. The number of aromatic amines is 1. The molecule has 9 nitrogen and oxygen atoms in total. The summed E-state index contributed by atoms with van der Waals surface area (Å²) in [6.07, 6.45) is 3.57. The molecule has 9 heteroatoms. The van der Waals surface area contributed by atoms with Crippen molar-refractivity contribution in [3.63, 3.8) is 0 Å². The van der Waals surface area contributed by atoms with Gasteiger partial charge in [0.15, 0.2) is 5.82 Å². The molecule has 134 valence electrons. The fourth-order valence-electron chi connectivity index (χ4n) is 3.36. The number of carbonyl (C=O) groups is 1. The predicted octanol–water partition coefficient (Wildman–Crippen LogP) is -0.577. The van der Waals surface area contributed by atoms with Gasteiger partial charge < -0.3 is 30.9 Å². The maximum Gasteiger partial charge on any atom is 0.225 e. The van der Waals surface area contributed by atoms with Crippen molar-refractivity contribution in [2.45, 2.75) is 43.6 Å². The number of nitrogens with one attached hydrogen (secondary N) is 3. The molecule has 25 heavy (non-hydrogen) atoms. The maximum absolute atomic E-state index is 12.0. The van der Waals surface area contributed by atoms with Crippen molar-refractivity contribution in [1.29, 1.82) is 0 Å². The predicted molar refractivity (Wildman–Crippen MR) is 88.6 cm³/mol. The second-order valence-electron chi connectivity index (χ2n) is 6.80. The molecular weight excluding hydrogens is 326 g/mol. The van der Waals surface area contributed by atoms with Gasteiger partial charge in [0, 0.05) is 18.2 Å². The first-order valence-electron chi connectivity index (χ1n) is 8.43. The van der Waals surface area contributed by atoms with Crippen LogP contribution < -0.4 is 10.6 Å². The van der Waals surface area contributed by atoms with E-state index in [1.165, 1.54) is 6.33 Å². The summed E-state index contributed by atoms with van der Waals surface area (Å²) in [4.78, 5) is 23.5. The first-order chi connectivity index (χ1) is 12.1. The SMILES string of the molecule is O=C(CC1CC1)Nc1ncnc2c([C@@H]3N[C@H](CO)[C@@H](O)[C@H]3O)c[nH]c12. The van der Waals surface area contributed by atoms with Crippen LogP contribution in [0, 0.1) is 5.92 Å². The van der Waals surface area contributed by atoms with Gasteiger partial charge in [0.2, 0.25) is 5.91 Å². The number of H-pyrrole nitrogens is 1. The molecule has 1 saturated heterocycles. The largest absolute Gasteiger partial charge is 0.395 e. The highest BCUT2D eigenvalue weighted by atomic mass is 16.3. The molecule has 1 amide bonds. The quantitative estimate of drug-likeness (QED) is 0.425. The Bertz CT molecular complexity index is 790. The van der Waals surface area contributed by atoms with Crippen LogP contribution in [0.5, 0.6) is 0 Å². The first kappa shape index (κ1) is 16.4. The first-order valence-corrected chi connectivity index (χ1v) is 8.43. The number of aromatic nitrogens is 3. The zero-order valence-electron chi connectivity index (χ0n) is 13.5. The van der Waals surface area contributed by atoms with E-state index in [4.69, 9.17) is 0 Å². The molecule has 1 aliphatic carbocycles. The average molecular weight is 347 g/mol. The zero-order chi connectivity index (χ0) is 17.6. The Hall–Kier alpha value is -2.07. The van der Waals surface area contributed by atoms with Crippen LogP contribution in [0.15, 0.2) is 12.5 Å². The van der Waals surface area contributed by atoms with Crippen molar-refractivity contribution >= 4 is 22.8 Å². The molecule has 6 N–H and O–H groups in total. The summed E-state index contributed by atoms with van der Waals surface area (Å²) in [5.74, 6) is 0.799. The average Bonchev–Trinajstić information content (AvgIpc) is 3.23. The lowest BCUT2D eigenvalue weighted by Crippen LogP contribution is -2.35. The molecular formula is C16H21N5O4. The van der Waals surface area contributed by atoms with E-state index in [9.17, 15) is 20.1 Å². The van der Waals surface area contributed by atoms with Gasteiger partial charge in [0.05, 0.1) is 30.3 Å². The number of hydrogen-bond donors (Lipinski definition) is 6. The third-order valence-electron chi connectivity index (χ3n) is 4.95. The highest BCUT2D eigenvalue weighted by Gasteiger charge is 2.42. The van der Waals surface area contributed by atoms with Gasteiger partial charge in [-0.25, -0.2) is 9.97 Å². The number of nitrogens with zero attached hydrogens (tertiary/aromatic N) is 2. The van der Waals surface area contributed by atoms with Crippen LogP contribution in [0.1, 0.15) is 30.9 Å². The maximum atomic E-state index is 12.0. The summed E-state index contributed by atoms with van der Waals surface area (Å²) < 4.78 is 0. The number of amides is 1. The van der Waals surface area contributed by atoms with E-state index < -0.39 is 24.3 Å². The molecule has 2 aromatic heterocycles. The number of aliphatic hydroxyl groups excluding tert-OH is 3. The fraction of sp³-hybridized carbons (Fsp3) is 0.562. The molecule has 0 unspecified atom stereocenters. The highest BCUT2D eigenvalue weighted by Crippen LogP contribution is 2.34. The van der Waals surface area contributed by atoms with Gasteiger partial charge in [-0.1, -0.05) is 0 Å². The van der Waals surface area contributed by atoms with E-state index in [0.29, 0.717) is 34.8 Å². The smallest absolute Gasteiger partial charge is 0.225 e.